The molecule has 1 aromatic rings. The first-order valence-electron chi connectivity index (χ1n) is 8.85. The highest BCUT2D eigenvalue weighted by molar-refractivity contribution is 5.80. The summed E-state index contributed by atoms with van der Waals surface area (Å²) in [7, 11) is 0. The van der Waals surface area contributed by atoms with Crippen LogP contribution in [0.4, 0.5) is 0 Å². The number of amides is 3. The fourth-order valence-corrected chi connectivity index (χ4v) is 3.81. The zero-order valence-corrected chi connectivity index (χ0v) is 14.9. The van der Waals surface area contributed by atoms with Gasteiger partial charge >= 0.3 is 0 Å². The van der Waals surface area contributed by atoms with Crippen molar-refractivity contribution in [2.75, 3.05) is 32.7 Å². The standard InChI is InChI=1S/C19H25N3O3/c1-14(23)20-9-11-21(12-10-20)19(25)13-18-17-6-4-3-5-16(17)7-8-22(18)15(2)24/h3-6,18H,7-13H2,1-2H3. The Morgan fingerprint density at radius 2 is 1.56 bits per heavy atom. The molecule has 0 radical (unpaired) electrons. The van der Waals surface area contributed by atoms with Crippen LogP contribution in [0, 0.1) is 0 Å². The van der Waals surface area contributed by atoms with Crippen molar-refractivity contribution in [1.29, 1.82) is 0 Å². The number of benzene rings is 1. The van der Waals surface area contributed by atoms with Crippen LogP contribution in [0.5, 0.6) is 0 Å². The number of nitrogens with zero attached hydrogens (tertiary/aromatic N) is 3. The van der Waals surface area contributed by atoms with Gasteiger partial charge in [-0.2, -0.15) is 0 Å². The fourth-order valence-electron chi connectivity index (χ4n) is 3.81. The highest BCUT2D eigenvalue weighted by Crippen LogP contribution is 2.32. The molecule has 3 amide bonds. The van der Waals surface area contributed by atoms with E-state index in [1.807, 2.05) is 28.0 Å². The molecule has 0 spiro atoms. The van der Waals surface area contributed by atoms with Gasteiger partial charge in [-0.3, -0.25) is 14.4 Å². The predicted octanol–water partition coefficient (Wildman–Crippen LogP) is 1.21. The summed E-state index contributed by atoms with van der Waals surface area (Å²) >= 11 is 0. The third kappa shape index (κ3) is 3.67. The van der Waals surface area contributed by atoms with Gasteiger partial charge in [-0.1, -0.05) is 24.3 Å². The molecule has 0 bridgehead atoms. The van der Waals surface area contributed by atoms with Crippen LogP contribution in [0.2, 0.25) is 0 Å². The van der Waals surface area contributed by atoms with E-state index < -0.39 is 0 Å². The Morgan fingerprint density at radius 1 is 0.920 bits per heavy atom. The molecule has 1 fully saturated rings. The normalized spacial score (nSPS) is 20.2. The minimum atomic E-state index is -0.194. The number of hydrogen-bond donors (Lipinski definition) is 0. The molecule has 0 aliphatic carbocycles. The predicted molar refractivity (Wildman–Crippen MR) is 93.7 cm³/mol. The number of fused-ring (bicyclic) bond motifs is 1. The van der Waals surface area contributed by atoms with Gasteiger partial charge in [-0.15, -0.1) is 0 Å². The second kappa shape index (κ2) is 7.25. The molecule has 134 valence electrons. The van der Waals surface area contributed by atoms with E-state index in [9.17, 15) is 14.4 Å². The molecule has 0 N–H and O–H groups in total. The maximum absolute atomic E-state index is 12.8. The SMILES string of the molecule is CC(=O)N1CCN(C(=O)CC2c3ccccc3CCN2C(C)=O)CC1. The number of carbonyl (C=O) groups excluding carboxylic acids is 3. The Morgan fingerprint density at radius 3 is 2.20 bits per heavy atom. The maximum Gasteiger partial charge on any atom is 0.225 e. The molecule has 1 saturated heterocycles. The van der Waals surface area contributed by atoms with Crippen molar-refractivity contribution >= 4 is 17.7 Å². The monoisotopic (exact) mass is 343 g/mol. The molecule has 6 heteroatoms. The van der Waals surface area contributed by atoms with Crippen molar-refractivity contribution < 1.29 is 14.4 Å². The van der Waals surface area contributed by atoms with Crippen LogP contribution in [0.1, 0.15) is 37.4 Å². The topological polar surface area (TPSA) is 60.9 Å². The number of rotatable bonds is 2. The minimum absolute atomic E-state index is 0.00806. The molecule has 2 heterocycles. The smallest absolute Gasteiger partial charge is 0.225 e. The van der Waals surface area contributed by atoms with E-state index in [2.05, 4.69) is 6.07 Å². The molecule has 1 atom stereocenters. The first kappa shape index (κ1) is 17.5. The Kier molecular flexibility index (Phi) is 5.06. The number of hydrogen-bond acceptors (Lipinski definition) is 3. The van der Waals surface area contributed by atoms with E-state index in [0.29, 0.717) is 39.1 Å². The Hall–Kier alpha value is -2.37. The third-order valence-corrected chi connectivity index (χ3v) is 5.26. The van der Waals surface area contributed by atoms with E-state index in [0.717, 1.165) is 12.0 Å². The average molecular weight is 343 g/mol. The summed E-state index contributed by atoms with van der Waals surface area (Å²) in [5, 5.41) is 0. The number of carbonyl (C=O) groups is 3. The first-order chi connectivity index (χ1) is 12.0. The van der Waals surface area contributed by atoms with Gasteiger partial charge in [0.15, 0.2) is 0 Å². The summed E-state index contributed by atoms with van der Waals surface area (Å²) in [6.45, 7) is 6.07. The lowest BCUT2D eigenvalue weighted by molar-refractivity contribution is -0.141. The van der Waals surface area contributed by atoms with Gasteiger partial charge in [0.2, 0.25) is 17.7 Å². The molecular formula is C19H25N3O3. The Bertz CT molecular complexity index is 680. The summed E-state index contributed by atoms with van der Waals surface area (Å²) < 4.78 is 0. The summed E-state index contributed by atoms with van der Waals surface area (Å²) in [6, 6.07) is 7.88. The minimum Gasteiger partial charge on any atom is -0.339 e. The van der Waals surface area contributed by atoms with Crippen LogP contribution >= 0.6 is 0 Å². The van der Waals surface area contributed by atoms with Crippen LogP contribution in [-0.2, 0) is 20.8 Å². The molecule has 3 rings (SSSR count). The molecule has 6 nitrogen and oxygen atoms in total. The van der Waals surface area contributed by atoms with E-state index >= 15 is 0 Å². The van der Waals surface area contributed by atoms with Crippen LogP contribution < -0.4 is 0 Å². The Balaban J connectivity index is 1.72. The van der Waals surface area contributed by atoms with Crippen molar-refractivity contribution in [1.82, 2.24) is 14.7 Å². The van der Waals surface area contributed by atoms with Gasteiger partial charge < -0.3 is 14.7 Å². The van der Waals surface area contributed by atoms with E-state index in [-0.39, 0.29) is 23.8 Å². The van der Waals surface area contributed by atoms with Crippen LogP contribution in [0.25, 0.3) is 0 Å². The lowest BCUT2D eigenvalue weighted by Crippen LogP contribution is -2.51. The van der Waals surface area contributed by atoms with Crippen molar-refractivity contribution in [3.8, 4) is 0 Å². The molecule has 0 saturated carbocycles. The van der Waals surface area contributed by atoms with Gasteiger partial charge in [-0.25, -0.2) is 0 Å². The van der Waals surface area contributed by atoms with Gasteiger partial charge in [0.1, 0.15) is 0 Å². The summed E-state index contributed by atoms with van der Waals surface area (Å²) in [4.78, 5) is 41.7. The molecule has 1 unspecified atom stereocenters. The third-order valence-electron chi connectivity index (χ3n) is 5.26. The van der Waals surface area contributed by atoms with Crippen molar-refractivity contribution in [2.45, 2.75) is 32.7 Å². The Labute approximate surface area is 148 Å². The van der Waals surface area contributed by atoms with Crippen LogP contribution in [-0.4, -0.2) is 65.1 Å². The van der Waals surface area contributed by atoms with Gasteiger partial charge in [-0.05, 0) is 17.5 Å². The maximum atomic E-state index is 12.8. The van der Waals surface area contributed by atoms with E-state index in [1.165, 1.54) is 5.56 Å². The van der Waals surface area contributed by atoms with Crippen molar-refractivity contribution in [2.24, 2.45) is 0 Å². The molecule has 2 aliphatic rings. The molecular weight excluding hydrogens is 318 g/mol. The highest BCUT2D eigenvalue weighted by Gasteiger charge is 2.32. The van der Waals surface area contributed by atoms with E-state index in [1.54, 1.807) is 18.7 Å². The van der Waals surface area contributed by atoms with Gasteiger partial charge in [0, 0.05) is 46.6 Å². The summed E-state index contributed by atoms with van der Waals surface area (Å²) in [5.74, 6) is 0.112. The largest absolute Gasteiger partial charge is 0.339 e. The van der Waals surface area contributed by atoms with Crippen molar-refractivity contribution in [3.63, 3.8) is 0 Å². The lowest BCUT2D eigenvalue weighted by Gasteiger charge is -2.39. The highest BCUT2D eigenvalue weighted by atomic mass is 16.2. The summed E-state index contributed by atoms with van der Waals surface area (Å²) in [6.07, 6.45) is 1.13. The summed E-state index contributed by atoms with van der Waals surface area (Å²) in [5.41, 5.74) is 2.30. The average Bonchev–Trinajstić information content (AvgIpc) is 2.61. The number of piperazine rings is 1. The molecule has 1 aromatic carbocycles. The van der Waals surface area contributed by atoms with Crippen LogP contribution in [0.3, 0.4) is 0 Å². The molecule has 0 aromatic heterocycles. The zero-order valence-electron chi connectivity index (χ0n) is 14.9. The quantitative estimate of drug-likeness (QED) is 0.811. The van der Waals surface area contributed by atoms with Gasteiger partial charge in [0.05, 0.1) is 12.5 Å². The van der Waals surface area contributed by atoms with Gasteiger partial charge in [0.25, 0.3) is 0 Å². The van der Waals surface area contributed by atoms with Crippen molar-refractivity contribution in [3.05, 3.63) is 35.4 Å². The second-order valence-corrected chi connectivity index (χ2v) is 6.77. The second-order valence-electron chi connectivity index (χ2n) is 6.77. The zero-order chi connectivity index (χ0) is 18.0. The first-order valence-corrected chi connectivity index (χ1v) is 8.85. The lowest BCUT2D eigenvalue weighted by atomic mass is 9.90. The molecule has 2 aliphatic heterocycles. The molecule has 25 heavy (non-hydrogen) atoms. The van der Waals surface area contributed by atoms with Crippen LogP contribution in [0.15, 0.2) is 24.3 Å². The fraction of sp³-hybridized carbons (Fsp3) is 0.526. The van der Waals surface area contributed by atoms with E-state index in [4.69, 9.17) is 0 Å².